The van der Waals surface area contributed by atoms with Crippen LogP contribution in [-0.2, 0) is 19.6 Å². The van der Waals surface area contributed by atoms with Crippen LogP contribution in [0.1, 0.15) is 5.56 Å². The fraction of sp³-hybridized carbons (Fsp3) is 0.267. The van der Waals surface area contributed by atoms with Crippen molar-refractivity contribution in [1.29, 1.82) is 0 Å². The summed E-state index contributed by atoms with van der Waals surface area (Å²) in [5, 5.41) is 0. The molecule has 1 fully saturated rings. The Labute approximate surface area is 123 Å². The Hall–Kier alpha value is -1.76. The molecule has 0 radical (unpaired) electrons. The molecular formula is C15H15NO4S. The summed E-state index contributed by atoms with van der Waals surface area (Å²) in [6, 6.07) is 6.68. The van der Waals surface area contributed by atoms with Crippen LogP contribution in [0.5, 0.6) is 0 Å². The maximum absolute atomic E-state index is 12.8. The molecule has 0 aromatic heterocycles. The molecule has 5 nitrogen and oxygen atoms in total. The Bertz CT molecular complexity index is 715. The minimum absolute atomic E-state index is 0.177. The zero-order chi connectivity index (χ0) is 15.1. The summed E-state index contributed by atoms with van der Waals surface area (Å²) in [7, 11) is -3.69. The zero-order valence-electron chi connectivity index (χ0n) is 11.5. The molecule has 1 saturated heterocycles. The average molecular weight is 305 g/mol. The van der Waals surface area contributed by atoms with E-state index in [0.717, 1.165) is 5.56 Å². The number of ether oxygens (including phenoxy) is 1. The summed E-state index contributed by atoms with van der Waals surface area (Å²) in [5.74, 6) is -0.177. The highest BCUT2D eigenvalue weighted by Crippen LogP contribution is 2.34. The smallest absolute Gasteiger partial charge is 0.246 e. The molecule has 6 heteroatoms. The van der Waals surface area contributed by atoms with Crippen LogP contribution in [-0.4, -0.2) is 37.4 Å². The minimum Gasteiger partial charge on any atom is -0.351 e. The van der Waals surface area contributed by atoms with Crippen molar-refractivity contribution in [3.8, 4) is 0 Å². The molecule has 3 rings (SSSR count). The van der Waals surface area contributed by atoms with Crippen LogP contribution >= 0.6 is 0 Å². The first kappa shape index (κ1) is 14.2. The molecule has 1 heterocycles. The summed E-state index contributed by atoms with van der Waals surface area (Å²) in [6.45, 7) is 2.43. The van der Waals surface area contributed by atoms with Gasteiger partial charge in [-0.25, -0.2) is 8.42 Å². The van der Waals surface area contributed by atoms with E-state index < -0.39 is 15.7 Å². The molecule has 0 N–H and O–H groups in total. The molecule has 110 valence electrons. The van der Waals surface area contributed by atoms with Gasteiger partial charge < -0.3 is 4.74 Å². The van der Waals surface area contributed by atoms with Gasteiger partial charge in [-0.2, -0.15) is 4.31 Å². The van der Waals surface area contributed by atoms with Crippen LogP contribution in [0.25, 0.3) is 0 Å². The molecule has 21 heavy (non-hydrogen) atoms. The normalized spacial score (nSPS) is 21.3. The van der Waals surface area contributed by atoms with Crippen molar-refractivity contribution in [2.24, 2.45) is 0 Å². The van der Waals surface area contributed by atoms with Gasteiger partial charge in [0.05, 0.1) is 11.5 Å². The Morgan fingerprint density at radius 1 is 1.14 bits per heavy atom. The van der Waals surface area contributed by atoms with Gasteiger partial charge in [-0.1, -0.05) is 17.7 Å². The van der Waals surface area contributed by atoms with E-state index in [0.29, 0.717) is 0 Å². The highest BCUT2D eigenvalue weighted by molar-refractivity contribution is 7.89. The van der Waals surface area contributed by atoms with Crippen LogP contribution < -0.4 is 0 Å². The standard InChI is InChI=1S/C15H15NO4S/c1-12-2-4-14(5-3-12)21(18,19)16-10-11-20-15(16)8-6-13(17)7-9-15/h2-9H,10-11H2,1H3. The van der Waals surface area contributed by atoms with Crippen molar-refractivity contribution >= 4 is 15.8 Å². The molecule has 1 spiro atoms. The molecule has 2 aliphatic rings. The first-order valence-electron chi connectivity index (χ1n) is 6.60. The molecule has 1 aliphatic heterocycles. The molecule has 0 unspecified atom stereocenters. The van der Waals surface area contributed by atoms with Gasteiger partial charge in [0, 0.05) is 6.54 Å². The zero-order valence-corrected chi connectivity index (χ0v) is 12.3. The fourth-order valence-electron chi connectivity index (χ4n) is 2.46. The quantitative estimate of drug-likeness (QED) is 0.828. The van der Waals surface area contributed by atoms with Crippen molar-refractivity contribution in [2.45, 2.75) is 17.5 Å². The number of ketones is 1. The number of allylic oxidation sites excluding steroid dienone is 2. The monoisotopic (exact) mass is 305 g/mol. The van der Waals surface area contributed by atoms with Gasteiger partial charge in [-0.05, 0) is 43.4 Å². The maximum atomic E-state index is 12.8. The first-order valence-corrected chi connectivity index (χ1v) is 8.04. The van der Waals surface area contributed by atoms with E-state index >= 15 is 0 Å². The molecule has 1 aliphatic carbocycles. The Morgan fingerprint density at radius 2 is 1.76 bits per heavy atom. The first-order chi connectivity index (χ1) is 9.94. The number of carbonyl (C=O) groups excluding carboxylic acids is 1. The van der Waals surface area contributed by atoms with Gasteiger partial charge in [0.2, 0.25) is 10.0 Å². The van der Waals surface area contributed by atoms with E-state index in [1.165, 1.54) is 28.6 Å². The van der Waals surface area contributed by atoms with Crippen molar-refractivity contribution in [1.82, 2.24) is 4.31 Å². The third-order valence-corrected chi connectivity index (χ3v) is 5.52. The lowest BCUT2D eigenvalue weighted by molar-refractivity contribution is -0.111. The van der Waals surface area contributed by atoms with Crippen LogP contribution in [0.15, 0.2) is 53.5 Å². The number of carbonyl (C=O) groups is 1. The molecule has 0 amide bonds. The predicted molar refractivity (Wildman–Crippen MR) is 77.0 cm³/mol. The number of benzene rings is 1. The summed E-state index contributed by atoms with van der Waals surface area (Å²) in [4.78, 5) is 11.5. The Balaban J connectivity index is 2.02. The number of aryl methyl sites for hydroxylation is 1. The van der Waals surface area contributed by atoms with Gasteiger partial charge >= 0.3 is 0 Å². The lowest BCUT2D eigenvalue weighted by atomic mass is 10.1. The van der Waals surface area contributed by atoms with Crippen LogP contribution in [0, 0.1) is 6.92 Å². The van der Waals surface area contributed by atoms with Crippen molar-refractivity contribution < 1.29 is 17.9 Å². The summed E-state index contributed by atoms with van der Waals surface area (Å²) >= 11 is 0. The maximum Gasteiger partial charge on any atom is 0.246 e. The summed E-state index contributed by atoms with van der Waals surface area (Å²) in [6.07, 6.45) is 5.66. The van der Waals surface area contributed by atoms with Crippen molar-refractivity contribution in [3.05, 3.63) is 54.1 Å². The third kappa shape index (κ3) is 2.35. The van der Waals surface area contributed by atoms with Crippen LogP contribution in [0.4, 0.5) is 0 Å². The van der Waals surface area contributed by atoms with Crippen molar-refractivity contribution in [3.63, 3.8) is 0 Å². The molecule has 0 bridgehead atoms. The average Bonchev–Trinajstić information content (AvgIpc) is 2.87. The second kappa shape index (κ2) is 4.91. The lowest BCUT2D eigenvalue weighted by Gasteiger charge is -2.32. The molecule has 1 aromatic carbocycles. The van der Waals surface area contributed by atoms with Gasteiger partial charge in [-0.15, -0.1) is 0 Å². The number of hydrogen-bond acceptors (Lipinski definition) is 4. The SMILES string of the molecule is Cc1ccc(S(=O)(=O)N2CCOC23C=CC(=O)C=C3)cc1. The number of nitrogens with zero attached hydrogens (tertiary/aromatic N) is 1. The highest BCUT2D eigenvalue weighted by Gasteiger charge is 2.46. The minimum atomic E-state index is -3.69. The number of hydrogen-bond donors (Lipinski definition) is 0. The molecule has 0 atom stereocenters. The fourth-order valence-corrected chi connectivity index (χ4v) is 4.06. The lowest BCUT2D eigenvalue weighted by Crippen LogP contribution is -2.46. The third-order valence-electron chi connectivity index (χ3n) is 3.60. The Morgan fingerprint density at radius 3 is 2.38 bits per heavy atom. The summed E-state index contributed by atoms with van der Waals surface area (Å²) in [5.41, 5.74) is -0.193. The second-order valence-electron chi connectivity index (χ2n) is 5.06. The van der Waals surface area contributed by atoms with E-state index in [-0.39, 0.29) is 23.8 Å². The molecule has 0 saturated carbocycles. The summed E-state index contributed by atoms with van der Waals surface area (Å²) < 4.78 is 32.5. The van der Waals surface area contributed by atoms with E-state index in [9.17, 15) is 13.2 Å². The Kier molecular flexibility index (Phi) is 3.32. The van der Waals surface area contributed by atoms with Gasteiger partial charge in [0.25, 0.3) is 0 Å². The van der Waals surface area contributed by atoms with Gasteiger partial charge in [0.1, 0.15) is 0 Å². The highest BCUT2D eigenvalue weighted by atomic mass is 32.2. The van der Waals surface area contributed by atoms with E-state index in [4.69, 9.17) is 4.74 Å². The number of rotatable bonds is 2. The van der Waals surface area contributed by atoms with Crippen LogP contribution in [0.3, 0.4) is 0 Å². The predicted octanol–water partition coefficient (Wildman–Crippen LogP) is 1.41. The van der Waals surface area contributed by atoms with E-state index in [1.54, 1.807) is 24.3 Å². The van der Waals surface area contributed by atoms with E-state index in [1.807, 2.05) is 6.92 Å². The van der Waals surface area contributed by atoms with Crippen molar-refractivity contribution in [2.75, 3.05) is 13.2 Å². The molecular weight excluding hydrogens is 290 g/mol. The molecule has 1 aromatic rings. The van der Waals surface area contributed by atoms with E-state index in [2.05, 4.69) is 0 Å². The largest absolute Gasteiger partial charge is 0.351 e. The topological polar surface area (TPSA) is 63.7 Å². The van der Waals surface area contributed by atoms with Gasteiger partial charge in [-0.3, -0.25) is 4.79 Å². The number of sulfonamides is 1. The van der Waals surface area contributed by atoms with Gasteiger partial charge in [0.15, 0.2) is 11.5 Å². The second-order valence-corrected chi connectivity index (χ2v) is 6.92. The van der Waals surface area contributed by atoms with Crippen LogP contribution in [0.2, 0.25) is 0 Å².